The highest BCUT2D eigenvalue weighted by molar-refractivity contribution is 5.79. The molecule has 0 bridgehead atoms. The van der Waals surface area contributed by atoms with Gasteiger partial charge in [-0.3, -0.25) is 0 Å². The van der Waals surface area contributed by atoms with E-state index in [4.69, 9.17) is 10.5 Å². The molecule has 2 heterocycles. The van der Waals surface area contributed by atoms with E-state index >= 15 is 0 Å². The number of imidazole rings is 1. The van der Waals surface area contributed by atoms with Gasteiger partial charge in [-0.2, -0.15) is 0 Å². The van der Waals surface area contributed by atoms with Crippen molar-refractivity contribution >= 4 is 16.7 Å². The molecule has 1 saturated heterocycles. The Morgan fingerprint density at radius 3 is 3.12 bits per heavy atom. The van der Waals surface area contributed by atoms with Gasteiger partial charge in [-0.25, -0.2) is 4.98 Å². The molecule has 2 aromatic rings. The second kappa shape index (κ2) is 4.04. The Bertz CT molecular complexity index is 541. The molecular weight excluding hydrogens is 214 g/mol. The number of ether oxygens (including phenoxy) is 1. The topological polar surface area (TPSA) is 53.1 Å². The summed E-state index contributed by atoms with van der Waals surface area (Å²) in [6.45, 7) is 3.78. The largest absolute Gasteiger partial charge is 0.399 e. The van der Waals surface area contributed by atoms with Crippen molar-refractivity contribution in [2.45, 2.75) is 25.8 Å². The van der Waals surface area contributed by atoms with E-state index in [9.17, 15) is 0 Å². The van der Waals surface area contributed by atoms with Crippen LogP contribution in [0.4, 0.5) is 5.69 Å². The fraction of sp³-hybridized carbons (Fsp3) is 0.462. The molecule has 90 valence electrons. The Balaban J connectivity index is 2.19. The summed E-state index contributed by atoms with van der Waals surface area (Å²) in [7, 11) is 0. The summed E-state index contributed by atoms with van der Waals surface area (Å²) in [4.78, 5) is 4.66. The highest BCUT2D eigenvalue weighted by atomic mass is 16.5. The minimum atomic E-state index is 0.429. The summed E-state index contributed by atoms with van der Waals surface area (Å²) in [5.41, 5.74) is 8.74. The number of nitrogens with zero attached hydrogens (tertiary/aromatic N) is 2. The summed E-state index contributed by atoms with van der Waals surface area (Å²) < 4.78 is 7.80. The Kier molecular flexibility index (Phi) is 2.52. The second-order valence-electron chi connectivity index (χ2n) is 4.52. The smallest absolute Gasteiger partial charge is 0.109 e. The van der Waals surface area contributed by atoms with Gasteiger partial charge in [0.2, 0.25) is 0 Å². The van der Waals surface area contributed by atoms with Gasteiger partial charge in [0.1, 0.15) is 5.82 Å². The third-order valence-electron chi connectivity index (χ3n) is 3.37. The quantitative estimate of drug-likeness (QED) is 0.806. The van der Waals surface area contributed by atoms with E-state index in [-0.39, 0.29) is 0 Å². The van der Waals surface area contributed by atoms with Gasteiger partial charge >= 0.3 is 0 Å². The van der Waals surface area contributed by atoms with Crippen LogP contribution < -0.4 is 5.73 Å². The predicted octanol–water partition coefficient (Wildman–Crippen LogP) is 2.14. The minimum Gasteiger partial charge on any atom is -0.399 e. The fourth-order valence-electron chi connectivity index (χ4n) is 2.55. The van der Waals surface area contributed by atoms with E-state index in [1.807, 2.05) is 12.1 Å². The highest BCUT2D eigenvalue weighted by Crippen LogP contribution is 2.28. The molecule has 17 heavy (non-hydrogen) atoms. The number of anilines is 1. The van der Waals surface area contributed by atoms with E-state index < -0.39 is 0 Å². The number of aromatic nitrogens is 2. The molecule has 0 aliphatic carbocycles. The molecule has 1 aromatic carbocycles. The van der Waals surface area contributed by atoms with Crippen LogP contribution in [0, 0.1) is 0 Å². The van der Waals surface area contributed by atoms with Gasteiger partial charge in [-0.1, -0.05) is 6.92 Å². The Hall–Kier alpha value is -1.55. The van der Waals surface area contributed by atoms with Crippen LogP contribution >= 0.6 is 0 Å². The highest BCUT2D eigenvalue weighted by Gasteiger charge is 2.22. The third kappa shape index (κ3) is 1.69. The number of hydrogen-bond donors (Lipinski definition) is 1. The zero-order valence-corrected chi connectivity index (χ0v) is 10.0. The van der Waals surface area contributed by atoms with Crippen LogP contribution in [-0.4, -0.2) is 22.8 Å². The molecule has 1 atom stereocenters. The molecule has 0 radical (unpaired) electrons. The number of fused-ring (bicyclic) bond motifs is 1. The number of hydrogen-bond acceptors (Lipinski definition) is 3. The minimum absolute atomic E-state index is 0.429. The van der Waals surface area contributed by atoms with Gasteiger partial charge in [0.25, 0.3) is 0 Å². The van der Waals surface area contributed by atoms with Gasteiger partial charge in [0.05, 0.1) is 23.7 Å². The van der Waals surface area contributed by atoms with Crippen LogP contribution in [0.3, 0.4) is 0 Å². The number of nitrogens with two attached hydrogens (primary N) is 1. The Morgan fingerprint density at radius 1 is 1.53 bits per heavy atom. The molecule has 1 aromatic heterocycles. The first kappa shape index (κ1) is 10.6. The van der Waals surface area contributed by atoms with Gasteiger partial charge in [0, 0.05) is 18.7 Å². The zero-order chi connectivity index (χ0) is 11.8. The number of nitrogen functional groups attached to an aromatic ring is 1. The van der Waals surface area contributed by atoms with E-state index in [2.05, 4.69) is 22.5 Å². The normalized spacial score (nSPS) is 20.2. The predicted molar refractivity (Wildman–Crippen MR) is 68.0 cm³/mol. The lowest BCUT2D eigenvalue weighted by molar-refractivity contribution is 0.186. The van der Waals surface area contributed by atoms with Crippen molar-refractivity contribution < 1.29 is 4.74 Å². The van der Waals surface area contributed by atoms with E-state index in [1.165, 1.54) is 5.52 Å². The van der Waals surface area contributed by atoms with Crippen molar-refractivity contribution in [1.82, 2.24) is 9.55 Å². The standard InChI is InChI=1S/C13H17N3O/c1-2-13-15-11-7-9(14)3-4-12(11)16(13)10-5-6-17-8-10/h3-4,7,10H,2,5-6,8,14H2,1H3. The SMILES string of the molecule is CCc1nc2cc(N)ccc2n1C1CCOC1. The van der Waals surface area contributed by atoms with Crippen molar-refractivity contribution in [3.8, 4) is 0 Å². The molecule has 1 aliphatic rings. The molecule has 0 saturated carbocycles. The first-order valence-corrected chi connectivity index (χ1v) is 6.13. The molecule has 0 spiro atoms. The van der Waals surface area contributed by atoms with E-state index in [0.717, 1.165) is 43.1 Å². The van der Waals surface area contributed by atoms with Crippen molar-refractivity contribution in [3.05, 3.63) is 24.0 Å². The van der Waals surface area contributed by atoms with Gasteiger partial charge in [-0.05, 0) is 24.6 Å². The lowest BCUT2D eigenvalue weighted by atomic mass is 10.2. The van der Waals surface area contributed by atoms with Crippen molar-refractivity contribution in [3.63, 3.8) is 0 Å². The number of aryl methyl sites for hydroxylation is 1. The van der Waals surface area contributed by atoms with Gasteiger partial charge < -0.3 is 15.0 Å². The van der Waals surface area contributed by atoms with Gasteiger partial charge in [0.15, 0.2) is 0 Å². The maximum atomic E-state index is 5.80. The zero-order valence-electron chi connectivity index (χ0n) is 10.0. The number of rotatable bonds is 2. The Labute approximate surface area is 100 Å². The van der Waals surface area contributed by atoms with Crippen LogP contribution in [0.5, 0.6) is 0 Å². The van der Waals surface area contributed by atoms with Crippen molar-refractivity contribution in [2.75, 3.05) is 18.9 Å². The first-order chi connectivity index (χ1) is 8.29. The monoisotopic (exact) mass is 231 g/mol. The molecule has 4 heteroatoms. The molecule has 1 unspecified atom stereocenters. The summed E-state index contributed by atoms with van der Waals surface area (Å²) in [5, 5.41) is 0. The van der Waals surface area contributed by atoms with Crippen LogP contribution in [-0.2, 0) is 11.2 Å². The average molecular weight is 231 g/mol. The summed E-state index contributed by atoms with van der Waals surface area (Å²) in [6.07, 6.45) is 2.01. The molecular formula is C13H17N3O. The van der Waals surface area contributed by atoms with Gasteiger partial charge in [-0.15, -0.1) is 0 Å². The average Bonchev–Trinajstić information content (AvgIpc) is 2.93. The molecule has 1 fully saturated rings. The maximum Gasteiger partial charge on any atom is 0.109 e. The molecule has 1 aliphatic heterocycles. The lowest BCUT2D eigenvalue weighted by Crippen LogP contribution is -2.11. The van der Waals surface area contributed by atoms with Crippen molar-refractivity contribution in [2.24, 2.45) is 0 Å². The Morgan fingerprint density at radius 2 is 2.41 bits per heavy atom. The lowest BCUT2D eigenvalue weighted by Gasteiger charge is -2.14. The first-order valence-electron chi connectivity index (χ1n) is 6.13. The number of benzene rings is 1. The molecule has 3 rings (SSSR count). The van der Waals surface area contributed by atoms with Crippen LogP contribution in [0.1, 0.15) is 25.2 Å². The molecule has 4 nitrogen and oxygen atoms in total. The molecule has 2 N–H and O–H groups in total. The van der Waals surface area contributed by atoms with Crippen LogP contribution in [0.2, 0.25) is 0 Å². The van der Waals surface area contributed by atoms with Crippen molar-refractivity contribution in [1.29, 1.82) is 0 Å². The summed E-state index contributed by atoms with van der Waals surface area (Å²) in [5.74, 6) is 1.13. The fourth-order valence-corrected chi connectivity index (χ4v) is 2.55. The summed E-state index contributed by atoms with van der Waals surface area (Å²) in [6, 6.07) is 6.38. The maximum absolute atomic E-state index is 5.80. The van der Waals surface area contributed by atoms with Crippen LogP contribution in [0.25, 0.3) is 11.0 Å². The second-order valence-corrected chi connectivity index (χ2v) is 4.52. The van der Waals surface area contributed by atoms with E-state index in [1.54, 1.807) is 0 Å². The molecule has 0 amide bonds. The third-order valence-corrected chi connectivity index (χ3v) is 3.37. The van der Waals surface area contributed by atoms with E-state index in [0.29, 0.717) is 6.04 Å². The van der Waals surface area contributed by atoms with Crippen LogP contribution in [0.15, 0.2) is 18.2 Å². The summed E-state index contributed by atoms with van der Waals surface area (Å²) >= 11 is 0.